The van der Waals surface area contributed by atoms with Gasteiger partial charge in [0, 0.05) is 52.1 Å². The Kier molecular flexibility index (Phi) is 12.4. The zero-order valence-electron chi connectivity index (χ0n) is 17.8. The van der Waals surface area contributed by atoms with Crippen molar-refractivity contribution in [3.63, 3.8) is 0 Å². The lowest BCUT2D eigenvalue weighted by molar-refractivity contribution is -0.135. The maximum absolute atomic E-state index is 11.8. The largest absolute Gasteiger partial charge is 0.481 e. The maximum atomic E-state index is 11.8. The molecule has 0 radical (unpaired) electrons. The van der Waals surface area contributed by atoms with Crippen LogP contribution in [0.2, 0.25) is 0 Å². The number of hydrogen-bond donors (Lipinski definition) is 4. The number of nitrogens with one attached hydrogen (secondary N) is 2. The Balaban J connectivity index is 0.000000776. The van der Waals surface area contributed by atoms with Gasteiger partial charge in [-0.2, -0.15) is 0 Å². The van der Waals surface area contributed by atoms with E-state index in [1.165, 1.54) is 12.8 Å². The van der Waals surface area contributed by atoms with Crippen LogP contribution in [-0.2, 0) is 14.3 Å². The number of carbonyl (C=O) groups is 3. The molecule has 0 unspecified atom stereocenters. The van der Waals surface area contributed by atoms with Crippen LogP contribution < -0.4 is 10.6 Å². The highest BCUT2D eigenvalue weighted by Gasteiger charge is 2.28. The molecule has 1 heterocycles. The van der Waals surface area contributed by atoms with Gasteiger partial charge in [0.15, 0.2) is 0 Å². The fraction of sp³-hybridized carbons (Fsp3) is 0.842. The van der Waals surface area contributed by atoms with E-state index in [2.05, 4.69) is 15.5 Å². The fourth-order valence-corrected chi connectivity index (χ4v) is 3.11. The molecular weight excluding hydrogens is 366 g/mol. The number of aliphatic carboxylic acids is 2. The van der Waals surface area contributed by atoms with E-state index < -0.39 is 17.5 Å². The van der Waals surface area contributed by atoms with Crippen molar-refractivity contribution in [3.8, 4) is 0 Å². The highest BCUT2D eigenvalue weighted by Crippen LogP contribution is 2.23. The number of hydrogen-bond acceptors (Lipinski definition) is 6. The monoisotopic (exact) mass is 403 g/mol. The number of piperazine rings is 1. The second-order valence-electron chi connectivity index (χ2n) is 7.98. The molecule has 28 heavy (non-hydrogen) atoms. The van der Waals surface area contributed by atoms with Gasteiger partial charge in [0.05, 0.1) is 0 Å². The summed E-state index contributed by atoms with van der Waals surface area (Å²) in [5.41, 5.74) is -0.415. The van der Waals surface area contributed by atoms with Crippen LogP contribution in [0.5, 0.6) is 0 Å². The van der Waals surface area contributed by atoms with Crippen molar-refractivity contribution in [1.82, 2.24) is 15.5 Å². The summed E-state index contributed by atoms with van der Waals surface area (Å²) in [5.74, 6) is -1.67. The molecule has 1 amide bonds. The Hall–Kier alpha value is -1.87. The van der Waals surface area contributed by atoms with E-state index in [9.17, 15) is 4.79 Å². The van der Waals surface area contributed by atoms with Crippen molar-refractivity contribution >= 4 is 18.0 Å². The van der Waals surface area contributed by atoms with Crippen LogP contribution in [0.25, 0.3) is 0 Å². The molecule has 1 saturated heterocycles. The summed E-state index contributed by atoms with van der Waals surface area (Å²) >= 11 is 0. The van der Waals surface area contributed by atoms with Gasteiger partial charge in [-0.15, -0.1) is 0 Å². The van der Waals surface area contributed by atoms with E-state index in [0.29, 0.717) is 6.04 Å². The first kappa shape index (κ1) is 26.1. The lowest BCUT2D eigenvalue weighted by Crippen LogP contribution is -2.51. The molecular formula is C19H37N3O6. The number of rotatable bonds is 2. The van der Waals surface area contributed by atoms with Gasteiger partial charge in [-0.05, 0) is 46.5 Å². The fourth-order valence-electron chi connectivity index (χ4n) is 3.11. The van der Waals surface area contributed by atoms with Gasteiger partial charge in [0.25, 0.3) is 11.9 Å². The molecule has 164 valence electrons. The third-order valence-corrected chi connectivity index (χ3v) is 4.09. The number of carboxylic acids is 2. The van der Waals surface area contributed by atoms with Gasteiger partial charge < -0.3 is 25.6 Å². The van der Waals surface area contributed by atoms with E-state index in [-0.39, 0.29) is 12.1 Å². The van der Waals surface area contributed by atoms with E-state index in [1.54, 1.807) is 0 Å². The van der Waals surface area contributed by atoms with Crippen molar-refractivity contribution in [2.24, 2.45) is 0 Å². The van der Waals surface area contributed by atoms with Crippen molar-refractivity contribution in [3.05, 3.63) is 0 Å². The third-order valence-electron chi connectivity index (χ3n) is 4.09. The van der Waals surface area contributed by atoms with E-state index in [0.717, 1.165) is 52.9 Å². The van der Waals surface area contributed by atoms with Crippen molar-refractivity contribution in [1.29, 1.82) is 0 Å². The van der Waals surface area contributed by atoms with Crippen LogP contribution in [0.15, 0.2) is 0 Å². The molecule has 2 rings (SSSR count). The Morgan fingerprint density at radius 1 is 0.964 bits per heavy atom. The quantitative estimate of drug-likeness (QED) is 0.550. The molecule has 1 aliphatic heterocycles. The van der Waals surface area contributed by atoms with Crippen LogP contribution in [0.4, 0.5) is 4.79 Å². The highest BCUT2D eigenvalue weighted by molar-refractivity contribution is 5.68. The van der Waals surface area contributed by atoms with Gasteiger partial charge in [-0.25, -0.2) is 4.79 Å². The van der Waals surface area contributed by atoms with Crippen LogP contribution in [0.1, 0.15) is 60.3 Å². The van der Waals surface area contributed by atoms with Gasteiger partial charge in [-0.1, -0.05) is 0 Å². The predicted octanol–water partition coefficient (Wildman–Crippen LogP) is 1.91. The minimum atomic E-state index is -0.833. The minimum Gasteiger partial charge on any atom is -0.481 e. The zero-order chi connectivity index (χ0) is 21.7. The Bertz CT molecular complexity index is 459. The van der Waals surface area contributed by atoms with Crippen LogP contribution >= 0.6 is 0 Å². The van der Waals surface area contributed by atoms with Crippen LogP contribution in [0.3, 0.4) is 0 Å². The average Bonchev–Trinajstić information content (AvgIpc) is 2.53. The molecule has 0 aromatic heterocycles. The lowest BCUT2D eigenvalue weighted by Gasteiger charge is -2.39. The molecule has 9 heteroatoms. The number of carbonyl (C=O) groups excluding carboxylic acids is 1. The SMILES string of the molecule is CC(=O)O.CC(=O)O.CC(C)(C)OC(=O)NC1CCC(N2CCNCC2)CC1. The third kappa shape index (κ3) is 15.2. The van der Waals surface area contributed by atoms with E-state index >= 15 is 0 Å². The summed E-state index contributed by atoms with van der Waals surface area (Å²) in [5, 5.41) is 21.2. The van der Waals surface area contributed by atoms with Gasteiger partial charge in [0.1, 0.15) is 5.60 Å². The second-order valence-corrected chi connectivity index (χ2v) is 7.98. The molecule has 0 atom stereocenters. The molecule has 9 nitrogen and oxygen atoms in total. The molecule has 0 spiro atoms. The Morgan fingerprint density at radius 2 is 1.39 bits per heavy atom. The summed E-state index contributed by atoms with van der Waals surface area (Å²) in [7, 11) is 0. The number of ether oxygens (including phenoxy) is 1. The smallest absolute Gasteiger partial charge is 0.407 e. The van der Waals surface area contributed by atoms with Crippen LogP contribution in [0, 0.1) is 0 Å². The number of alkyl carbamates (subject to hydrolysis) is 1. The van der Waals surface area contributed by atoms with E-state index in [4.69, 9.17) is 24.5 Å². The normalized spacial score (nSPS) is 22.5. The summed E-state index contributed by atoms with van der Waals surface area (Å²) < 4.78 is 5.31. The maximum Gasteiger partial charge on any atom is 0.407 e. The molecule has 1 aliphatic carbocycles. The van der Waals surface area contributed by atoms with Crippen LogP contribution in [-0.4, -0.2) is 77.0 Å². The zero-order valence-corrected chi connectivity index (χ0v) is 17.8. The average molecular weight is 404 g/mol. The molecule has 0 bridgehead atoms. The highest BCUT2D eigenvalue weighted by atomic mass is 16.6. The first-order chi connectivity index (χ1) is 12.9. The minimum absolute atomic E-state index is 0.275. The topological polar surface area (TPSA) is 128 Å². The molecule has 0 aromatic rings. The Morgan fingerprint density at radius 3 is 1.79 bits per heavy atom. The molecule has 0 aromatic carbocycles. The molecule has 1 saturated carbocycles. The Labute approximate surface area is 167 Å². The van der Waals surface area contributed by atoms with Gasteiger partial charge in [0.2, 0.25) is 0 Å². The number of nitrogens with zero attached hydrogens (tertiary/aromatic N) is 1. The molecule has 4 N–H and O–H groups in total. The first-order valence-electron chi connectivity index (χ1n) is 9.74. The van der Waals surface area contributed by atoms with Crippen molar-refractivity contribution < 1.29 is 29.3 Å². The molecule has 2 aliphatic rings. The predicted molar refractivity (Wildman–Crippen MR) is 106 cm³/mol. The van der Waals surface area contributed by atoms with Gasteiger partial charge >= 0.3 is 6.09 Å². The van der Waals surface area contributed by atoms with Crippen molar-refractivity contribution in [2.75, 3.05) is 26.2 Å². The van der Waals surface area contributed by atoms with Crippen molar-refractivity contribution in [2.45, 2.75) is 78.0 Å². The number of amides is 1. The van der Waals surface area contributed by atoms with E-state index in [1.807, 2.05) is 20.8 Å². The lowest BCUT2D eigenvalue weighted by atomic mass is 9.90. The number of carboxylic acid groups (broad SMARTS) is 2. The van der Waals surface area contributed by atoms with Gasteiger partial charge in [-0.3, -0.25) is 14.5 Å². The summed E-state index contributed by atoms with van der Waals surface area (Å²) in [6, 6.07) is 0.984. The second kappa shape index (κ2) is 13.3. The summed E-state index contributed by atoms with van der Waals surface area (Å²) in [6.07, 6.45) is 4.21. The summed E-state index contributed by atoms with van der Waals surface area (Å²) in [6.45, 7) is 12.4. The standard InChI is InChI=1S/C15H29N3O2.2C2H4O2/c1-15(2,3)20-14(19)17-12-4-6-13(7-5-12)18-10-8-16-9-11-18;2*1-2(3)4/h12-13,16H,4-11H2,1-3H3,(H,17,19);2*1H3,(H,3,4). The summed E-state index contributed by atoms with van der Waals surface area (Å²) in [4.78, 5) is 32.4. The first-order valence-corrected chi connectivity index (χ1v) is 9.74. The molecule has 2 fully saturated rings.